The van der Waals surface area contributed by atoms with Crippen LogP contribution in [0.5, 0.6) is 0 Å². The van der Waals surface area contributed by atoms with Crippen LogP contribution in [0, 0.1) is 11.3 Å². The van der Waals surface area contributed by atoms with Crippen LogP contribution in [0.2, 0.25) is 0 Å². The van der Waals surface area contributed by atoms with Gasteiger partial charge in [-0.1, -0.05) is 27.2 Å². The van der Waals surface area contributed by atoms with Gasteiger partial charge in [0, 0.05) is 0 Å². The van der Waals surface area contributed by atoms with Gasteiger partial charge < -0.3 is 0 Å². The molecule has 53 valence electrons. The van der Waals surface area contributed by atoms with Crippen molar-refractivity contribution in [3.8, 4) is 0 Å². The summed E-state index contributed by atoms with van der Waals surface area (Å²) in [6, 6.07) is 0. The average Bonchev–Trinajstić information content (AvgIpc) is 1.53. The Morgan fingerprint density at radius 1 is 1.22 bits per heavy atom. The molecule has 0 heterocycles. The van der Waals surface area contributed by atoms with Gasteiger partial charge in [0.15, 0.2) is 0 Å². The molecule has 1 aliphatic rings. The second kappa shape index (κ2) is 2.32. The third-order valence-electron chi connectivity index (χ3n) is 1.84. The zero-order chi connectivity index (χ0) is 6.91. The van der Waals surface area contributed by atoms with Gasteiger partial charge in [-0.3, -0.25) is 0 Å². The first kappa shape index (κ1) is 7.11. The van der Waals surface area contributed by atoms with Crippen molar-refractivity contribution in [3.05, 3.63) is 5.92 Å². The van der Waals surface area contributed by atoms with Crippen LogP contribution in [0.1, 0.15) is 46.5 Å². The molecule has 1 radical (unpaired) electrons. The molecule has 1 aliphatic carbocycles. The van der Waals surface area contributed by atoms with E-state index in [-0.39, 0.29) is 0 Å². The van der Waals surface area contributed by atoms with Gasteiger partial charge in [-0.2, -0.15) is 0 Å². The van der Waals surface area contributed by atoms with Crippen molar-refractivity contribution < 1.29 is 0 Å². The summed E-state index contributed by atoms with van der Waals surface area (Å²) in [6.45, 7) is 6.95. The zero-order valence-corrected chi connectivity index (χ0v) is 6.83. The molecular formula is C9H17. The van der Waals surface area contributed by atoms with E-state index in [0.29, 0.717) is 5.41 Å². The van der Waals surface area contributed by atoms with Crippen LogP contribution in [-0.2, 0) is 0 Å². The van der Waals surface area contributed by atoms with Crippen molar-refractivity contribution in [2.45, 2.75) is 46.5 Å². The van der Waals surface area contributed by atoms with Crippen LogP contribution >= 0.6 is 0 Å². The van der Waals surface area contributed by atoms with Gasteiger partial charge in [0.05, 0.1) is 0 Å². The molecule has 0 N–H and O–H groups in total. The Kier molecular flexibility index (Phi) is 1.83. The maximum Gasteiger partial charge on any atom is -0.0236 e. The van der Waals surface area contributed by atoms with E-state index in [2.05, 4.69) is 20.8 Å². The second-order valence-corrected chi connectivity index (χ2v) is 4.34. The van der Waals surface area contributed by atoms with Gasteiger partial charge >= 0.3 is 0 Å². The third-order valence-corrected chi connectivity index (χ3v) is 1.84. The minimum Gasteiger partial charge on any atom is -0.0602 e. The lowest BCUT2D eigenvalue weighted by Gasteiger charge is -2.31. The average molecular weight is 125 g/mol. The predicted octanol–water partition coefficient (Wildman–Crippen LogP) is 3.18. The van der Waals surface area contributed by atoms with Gasteiger partial charge in [-0.25, -0.2) is 0 Å². The molecule has 1 rings (SSSR count). The maximum atomic E-state index is 2.32. The van der Waals surface area contributed by atoms with Crippen molar-refractivity contribution in [3.63, 3.8) is 0 Å². The molecule has 9 heavy (non-hydrogen) atoms. The highest BCUT2D eigenvalue weighted by atomic mass is 14.3. The van der Waals surface area contributed by atoms with Crippen LogP contribution in [0.3, 0.4) is 0 Å². The molecule has 0 aromatic rings. The van der Waals surface area contributed by atoms with E-state index in [1.807, 2.05) is 0 Å². The van der Waals surface area contributed by atoms with Crippen molar-refractivity contribution in [2.24, 2.45) is 5.41 Å². The largest absolute Gasteiger partial charge is 0.0602 e. The summed E-state index contributed by atoms with van der Waals surface area (Å²) in [6.07, 6.45) is 5.63. The normalized spacial score (nSPS) is 21.7. The first-order valence-electron chi connectivity index (χ1n) is 3.91. The van der Waals surface area contributed by atoms with Crippen molar-refractivity contribution >= 4 is 0 Å². The van der Waals surface area contributed by atoms with Crippen molar-refractivity contribution in [1.82, 2.24) is 0 Å². The summed E-state index contributed by atoms with van der Waals surface area (Å²) in [5.41, 5.74) is 0.537. The van der Waals surface area contributed by atoms with Gasteiger partial charge in [0.25, 0.3) is 0 Å². The Morgan fingerprint density at radius 2 is 1.78 bits per heavy atom. The molecule has 0 unspecified atom stereocenters. The summed E-state index contributed by atoms with van der Waals surface area (Å²) in [5.74, 6) is 1.79. The van der Waals surface area contributed by atoms with Crippen LogP contribution in [-0.4, -0.2) is 0 Å². The monoisotopic (exact) mass is 125 g/mol. The number of hydrogen-bond donors (Lipinski definition) is 0. The Morgan fingerprint density at radius 3 is 1.89 bits per heavy atom. The molecule has 0 amide bonds. The van der Waals surface area contributed by atoms with E-state index < -0.39 is 0 Å². The Hall–Kier alpha value is 0. The van der Waals surface area contributed by atoms with E-state index in [0.717, 1.165) is 0 Å². The fourth-order valence-electron chi connectivity index (χ4n) is 1.35. The molecule has 0 aliphatic heterocycles. The number of hydrogen-bond acceptors (Lipinski definition) is 0. The number of rotatable bonds is 1. The van der Waals surface area contributed by atoms with Gasteiger partial charge in [0.2, 0.25) is 0 Å². The molecule has 1 saturated carbocycles. The fourth-order valence-corrected chi connectivity index (χ4v) is 1.35. The molecule has 1 fully saturated rings. The molecule has 0 spiro atoms. The molecule has 0 nitrogen and oxygen atoms in total. The summed E-state index contributed by atoms with van der Waals surface area (Å²) in [4.78, 5) is 0. The topological polar surface area (TPSA) is 0 Å². The quantitative estimate of drug-likeness (QED) is 0.505. The minimum atomic E-state index is 0.537. The third kappa shape index (κ3) is 2.38. The SMILES string of the molecule is CC(C)(C)C[C]1CCC1. The Balaban J connectivity index is 2.16. The van der Waals surface area contributed by atoms with Crippen molar-refractivity contribution in [2.75, 3.05) is 0 Å². The summed E-state index contributed by atoms with van der Waals surface area (Å²) in [7, 11) is 0. The van der Waals surface area contributed by atoms with E-state index in [1.165, 1.54) is 25.7 Å². The van der Waals surface area contributed by atoms with E-state index in [1.54, 1.807) is 5.92 Å². The molecule has 0 aromatic carbocycles. The predicted molar refractivity (Wildman–Crippen MR) is 41.2 cm³/mol. The lowest BCUT2D eigenvalue weighted by atomic mass is 9.74. The molecule has 0 heteroatoms. The van der Waals surface area contributed by atoms with E-state index in [9.17, 15) is 0 Å². The summed E-state index contributed by atoms with van der Waals surface area (Å²) < 4.78 is 0. The zero-order valence-electron chi connectivity index (χ0n) is 6.83. The van der Waals surface area contributed by atoms with Crippen LogP contribution < -0.4 is 0 Å². The highest BCUT2D eigenvalue weighted by Gasteiger charge is 2.23. The molecule has 0 saturated heterocycles. The lowest BCUT2D eigenvalue weighted by molar-refractivity contribution is 0.337. The smallest absolute Gasteiger partial charge is 0.0236 e. The highest BCUT2D eigenvalue weighted by molar-refractivity contribution is 5.00. The first-order valence-corrected chi connectivity index (χ1v) is 3.91. The van der Waals surface area contributed by atoms with E-state index >= 15 is 0 Å². The van der Waals surface area contributed by atoms with Gasteiger partial charge in [0.1, 0.15) is 0 Å². The standard InChI is InChI=1S/C9H17/c1-9(2,3)7-8-5-4-6-8/h4-7H2,1-3H3. The van der Waals surface area contributed by atoms with Crippen LogP contribution in [0.15, 0.2) is 0 Å². The van der Waals surface area contributed by atoms with Crippen LogP contribution in [0.4, 0.5) is 0 Å². The van der Waals surface area contributed by atoms with Gasteiger partial charge in [-0.15, -0.1) is 0 Å². The minimum absolute atomic E-state index is 0.537. The summed E-state index contributed by atoms with van der Waals surface area (Å²) in [5, 5.41) is 0. The van der Waals surface area contributed by atoms with Crippen LogP contribution in [0.25, 0.3) is 0 Å². The molecular weight excluding hydrogens is 108 g/mol. The molecule has 0 aromatic heterocycles. The molecule has 0 atom stereocenters. The first-order chi connectivity index (χ1) is 4.08. The second-order valence-electron chi connectivity index (χ2n) is 4.34. The Bertz CT molecular complexity index is 82.7. The Labute approximate surface area is 58.7 Å². The molecule has 0 bridgehead atoms. The highest BCUT2D eigenvalue weighted by Crippen LogP contribution is 2.38. The fraction of sp³-hybridized carbons (Fsp3) is 0.889. The maximum absolute atomic E-state index is 2.32. The van der Waals surface area contributed by atoms with Gasteiger partial charge in [-0.05, 0) is 30.6 Å². The van der Waals surface area contributed by atoms with E-state index in [4.69, 9.17) is 0 Å². The van der Waals surface area contributed by atoms with Crippen molar-refractivity contribution in [1.29, 1.82) is 0 Å². The summed E-state index contributed by atoms with van der Waals surface area (Å²) >= 11 is 0. The lowest BCUT2D eigenvalue weighted by Crippen LogP contribution is -2.16.